The van der Waals surface area contributed by atoms with E-state index in [1.165, 1.54) is 25.7 Å². The summed E-state index contributed by atoms with van der Waals surface area (Å²) >= 11 is 0. The zero-order chi connectivity index (χ0) is 19.7. The molecule has 0 spiro atoms. The Hall–Kier alpha value is -1.94. The van der Waals surface area contributed by atoms with Gasteiger partial charge in [0.15, 0.2) is 11.6 Å². The first-order valence-electron chi connectivity index (χ1n) is 10.4. The molecule has 1 aliphatic carbocycles. The normalized spacial score (nSPS) is 24.5. The molecule has 1 atom stereocenters. The molecule has 2 nitrogen and oxygen atoms in total. The molecule has 2 aromatic rings. The van der Waals surface area contributed by atoms with E-state index in [0.717, 1.165) is 30.1 Å². The van der Waals surface area contributed by atoms with Crippen LogP contribution in [0.1, 0.15) is 56.6 Å². The van der Waals surface area contributed by atoms with Crippen LogP contribution in [0.3, 0.4) is 0 Å². The molecule has 1 saturated carbocycles. The molecule has 2 aliphatic rings. The molecule has 4 rings (SSSR count). The molecule has 150 valence electrons. The van der Waals surface area contributed by atoms with Gasteiger partial charge >= 0.3 is 0 Å². The predicted molar refractivity (Wildman–Crippen MR) is 106 cm³/mol. The van der Waals surface area contributed by atoms with Crippen molar-refractivity contribution >= 4 is 0 Å². The van der Waals surface area contributed by atoms with Crippen LogP contribution >= 0.6 is 0 Å². The molecule has 2 aromatic carbocycles. The van der Waals surface area contributed by atoms with E-state index in [-0.39, 0.29) is 11.9 Å². The summed E-state index contributed by atoms with van der Waals surface area (Å²) < 4.78 is 40.4. The topological polar surface area (TPSA) is 18.5 Å². The van der Waals surface area contributed by atoms with Crippen LogP contribution in [-0.4, -0.2) is 6.29 Å². The Balaban J connectivity index is 1.47. The minimum atomic E-state index is -0.806. The molecule has 0 aromatic heterocycles. The SMILES string of the molecule is CCCC1CCC(C2OCc3cc(-c4ccc(C)c(F)c4F)ccc3O2)CC1. The number of hydrogen-bond acceptors (Lipinski definition) is 2. The highest BCUT2D eigenvalue weighted by atomic mass is 19.2. The highest BCUT2D eigenvalue weighted by molar-refractivity contribution is 5.67. The second-order valence-electron chi connectivity index (χ2n) is 8.25. The largest absolute Gasteiger partial charge is 0.464 e. The standard InChI is InChI=1S/C24H28F2O2/c1-3-4-16-6-8-17(9-7-16)24-27-14-19-13-18(10-12-21(19)28-24)20-11-5-15(2)22(25)23(20)26/h5,10-13,16-17,24H,3-4,6-9,14H2,1-2H3. The predicted octanol–water partition coefficient (Wildman–Crippen LogP) is 6.78. The maximum Gasteiger partial charge on any atom is 0.203 e. The number of fused-ring (bicyclic) bond motifs is 1. The van der Waals surface area contributed by atoms with E-state index >= 15 is 0 Å². The fraction of sp³-hybridized carbons (Fsp3) is 0.500. The van der Waals surface area contributed by atoms with E-state index in [1.807, 2.05) is 12.1 Å². The number of ether oxygens (including phenoxy) is 2. The van der Waals surface area contributed by atoms with Crippen LogP contribution in [0.2, 0.25) is 0 Å². The monoisotopic (exact) mass is 386 g/mol. The van der Waals surface area contributed by atoms with Gasteiger partial charge in [-0.2, -0.15) is 0 Å². The van der Waals surface area contributed by atoms with Crippen LogP contribution in [0.4, 0.5) is 8.78 Å². The van der Waals surface area contributed by atoms with Crippen LogP contribution in [0.5, 0.6) is 5.75 Å². The molecule has 1 fully saturated rings. The Morgan fingerprint density at radius 2 is 1.79 bits per heavy atom. The van der Waals surface area contributed by atoms with Crippen molar-refractivity contribution in [3.8, 4) is 16.9 Å². The molecule has 1 aliphatic heterocycles. The van der Waals surface area contributed by atoms with E-state index in [4.69, 9.17) is 9.47 Å². The van der Waals surface area contributed by atoms with Crippen LogP contribution in [0.25, 0.3) is 11.1 Å². The Labute approximate surface area is 165 Å². The number of hydrogen-bond donors (Lipinski definition) is 0. The van der Waals surface area contributed by atoms with Gasteiger partial charge in [0.2, 0.25) is 6.29 Å². The summed E-state index contributed by atoms with van der Waals surface area (Å²) in [6.45, 7) is 4.26. The van der Waals surface area contributed by atoms with Gasteiger partial charge in [0, 0.05) is 17.0 Å². The molecule has 1 unspecified atom stereocenters. The van der Waals surface area contributed by atoms with Crippen LogP contribution in [-0.2, 0) is 11.3 Å². The fourth-order valence-electron chi connectivity index (χ4n) is 4.56. The van der Waals surface area contributed by atoms with E-state index in [2.05, 4.69) is 6.92 Å². The second kappa shape index (κ2) is 8.20. The van der Waals surface area contributed by atoms with Gasteiger partial charge in [-0.3, -0.25) is 0 Å². The van der Waals surface area contributed by atoms with Crippen molar-refractivity contribution in [2.45, 2.75) is 65.3 Å². The maximum atomic E-state index is 14.3. The summed E-state index contributed by atoms with van der Waals surface area (Å²) in [6.07, 6.45) is 7.19. The molecule has 0 bridgehead atoms. The van der Waals surface area contributed by atoms with E-state index in [0.29, 0.717) is 23.7 Å². The molecular weight excluding hydrogens is 358 g/mol. The summed E-state index contributed by atoms with van der Waals surface area (Å²) in [7, 11) is 0. The lowest BCUT2D eigenvalue weighted by molar-refractivity contribution is -0.148. The van der Waals surface area contributed by atoms with Crippen LogP contribution < -0.4 is 4.74 Å². The van der Waals surface area contributed by atoms with E-state index < -0.39 is 11.6 Å². The first kappa shape index (κ1) is 19.4. The third-order valence-electron chi connectivity index (χ3n) is 6.27. The van der Waals surface area contributed by atoms with Crippen molar-refractivity contribution < 1.29 is 18.3 Å². The summed E-state index contributed by atoms with van der Waals surface area (Å²) in [5.74, 6) is 0.485. The second-order valence-corrected chi connectivity index (χ2v) is 8.25. The van der Waals surface area contributed by atoms with Gasteiger partial charge in [-0.1, -0.05) is 38.0 Å². The first-order chi connectivity index (χ1) is 13.6. The summed E-state index contributed by atoms with van der Waals surface area (Å²) in [5.41, 5.74) is 2.10. The van der Waals surface area contributed by atoms with Crippen molar-refractivity contribution in [2.24, 2.45) is 11.8 Å². The lowest BCUT2D eigenvalue weighted by atomic mass is 9.79. The summed E-state index contributed by atoms with van der Waals surface area (Å²) in [6, 6.07) is 8.73. The third-order valence-corrected chi connectivity index (χ3v) is 6.27. The van der Waals surface area contributed by atoms with Crippen molar-refractivity contribution in [3.63, 3.8) is 0 Å². The van der Waals surface area contributed by atoms with Gasteiger partial charge in [-0.05, 0) is 61.8 Å². The first-order valence-corrected chi connectivity index (χ1v) is 10.4. The molecule has 0 N–H and O–H groups in total. The highest BCUT2D eigenvalue weighted by Gasteiger charge is 2.32. The summed E-state index contributed by atoms with van der Waals surface area (Å²) in [4.78, 5) is 0. The molecule has 28 heavy (non-hydrogen) atoms. The fourth-order valence-corrected chi connectivity index (χ4v) is 4.56. The minimum Gasteiger partial charge on any atom is -0.464 e. The van der Waals surface area contributed by atoms with Gasteiger partial charge < -0.3 is 9.47 Å². The minimum absolute atomic E-state index is 0.200. The zero-order valence-corrected chi connectivity index (χ0v) is 16.6. The van der Waals surface area contributed by atoms with Crippen LogP contribution in [0, 0.1) is 30.4 Å². The van der Waals surface area contributed by atoms with Gasteiger partial charge in [0.1, 0.15) is 5.75 Å². The number of halogens is 2. The smallest absolute Gasteiger partial charge is 0.203 e. The Bertz CT molecular complexity index is 841. The average molecular weight is 386 g/mol. The van der Waals surface area contributed by atoms with Crippen molar-refractivity contribution in [1.29, 1.82) is 0 Å². The van der Waals surface area contributed by atoms with Gasteiger partial charge in [0.05, 0.1) is 6.61 Å². The van der Waals surface area contributed by atoms with Gasteiger partial charge in [0.25, 0.3) is 0 Å². The van der Waals surface area contributed by atoms with Crippen molar-refractivity contribution in [2.75, 3.05) is 0 Å². The molecule has 4 heteroatoms. The lowest BCUT2D eigenvalue weighted by Gasteiger charge is -2.36. The van der Waals surface area contributed by atoms with Gasteiger partial charge in [-0.25, -0.2) is 8.78 Å². The molecule has 0 amide bonds. The molecule has 1 heterocycles. The van der Waals surface area contributed by atoms with E-state index in [1.54, 1.807) is 25.1 Å². The number of benzene rings is 2. The Kier molecular flexibility index (Phi) is 5.68. The lowest BCUT2D eigenvalue weighted by Crippen LogP contribution is -2.35. The maximum absolute atomic E-state index is 14.3. The van der Waals surface area contributed by atoms with Crippen molar-refractivity contribution in [3.05, 3.63) is 53.1 Å². The van der Waals surface area contributed by atoms with Crippen LogP contribution in [0.15, 0.2) is 30.3 Å². The highest BCUT2D eigenvalue weighted by Crippen LogP contribution is 2.39. The van der Waals surface area contributed by atoms with Gasteiger partial charge in [-0.15, -0.1) is 0 Å². The molecular formula is C24H28F2O2. The number of rotatable bonds is 4. The third kappa shape index (κ3) is 3.80. The molecule has 0 saturated heterocycles. The Morgan fingerprint density at radius 3 is 2.54 bits per heavy atom. The van der Waals surface area contributed by atoms with E-state index in [9.17, 15) is 8.78 Å². The zero-order valence-electron chi connectivity index (χ0n) is 16.6. The molecule has 0 radical (unpaired) electrons. The van der Waals surface area contributed by atoms with Crippen molar-refractivity contribution in [1.82, 2.24) is 0 Å². The summed E-state index contributed by atoms with van der Waals surface area (Å²) in [5, 5.41) is 0. The number of aryl methyl sites for hydroxylation is 1. The Morgan fingerprint density at radius 1 is 1.00 bits per heavy atom. The quantitative estimate of drug-likeness (QED) is 0.576. The average Bonchev–Trinajstić information content (AvgIpc) is 2.72.